The van der Waals surface area contributed by atoms with Crippen molar-refractivity contribution in [1.29, 1.82) is 0 Å². The minimum Gasteiger partial charge on any atom is -0.486 e. The summed E-state index contributed by atoms with van der Waals surface area (Å²) in [5.74, 6) is 0.157. The maximum absolute atomic E-state index is 12.2. The molecule has 3 aromatic rings. The van der Waals surface area contributed by atoms with Gasteiger partial charge in [-0.15, -0.1) is 0 Å². The van der Waals surface area contributed by atoms with E-state index in [1.807, 2.05) is 30.3 Å². The smallest absolute Gasteiger partial charge is 0.326 e. The van der Waals surface area contributed by atoms with Crippen LogP contribution in [0.4, 0.5) is 10.5 Å². The number of halogens is 1. The standard InChI is InChI=1S/C27H29ClN2O3/c1-2-3-4-8-15-25(20-11-6-5-7-12-20)33-22-18-16-21(17-19-22)29-27(32)30-26(31)23-13-9-10-14-24(23)28/h5-7,9-14,16-19,25H,2-4,8,15H2,1H3,(H2,29,30,31,32). The molecule has 3 rings (SSSR count). The fraction of sp³-hybridized carbons (Fsp3) is 0.259. The van der Waals surface area contributed by atoms with Crippen molar-refractivity contribution in [3.05, 3.63) is 95.0 Å². The Hall–Kier alpha value is -3.31. The summed E-state index contributed by atoms with van der Waals surface area (Å²) in [5.41, 5.74) is 1.93. The van der Waals surface area contributed by atoms with Gasteiger partial charge >= 0.3 is 6.03 Å². The lowest BCUT2D eigenvalue weighted by Crippen LogP contribution is -2.34. The number of nitrogens with one attached hydrogen (secondary N) is 2. The van der Waals surface area contributed by atoms with Crippen molar-refractivity contribution in [2.75, 3.05) is 5.32 Å². The highest BCUT2D eigenvalue weighted by atomic mass is 35.5. The van der Waals surface area contributed by atoms with Gasteiger partial charge < -0.3 is 10.1 Å². The zero-order valence-corrected chi connectivity index (χ0v) is 19.5. The van der Waals surface area contributed by atoms with Crippen molar-refractivity contribution in [1.82, 2.24) is 5.32 Å². The Kier molecular flexibility index (Phi) is 9.33. The SMILES string of the molecule is CCCCCCC(Oc1ccc(NC(=O)NC(=O)c2ccccc2Cl)cc1)c1ccccc1. The number of hydrogen-bond donors (Lipinski definition) is 2. The third-order valence-corrected chi connectivity index (χ3v) is 5.56. The highest BCUT2D eigenvalue weighted by molar-refractivity contribution is 6.34. The lowest BCUT2D eigenvalue weighted by Gasteiger charge is -2.20. The summed E-state index contributed by atoms with van der Waals surface area (Å²) in [6, 6.07) is 23.2. The van der Waals surface area contributed by atoms with Crippen molar-refractivity contribution in [2.45, 2.75) is 45.1 Å². The summed E-state index contributed by atoms with van der Waals surface area (Å²) < 4.78 is 6.28. The molecular weight excluding hydrogens is 436 g/mol. The van der Waals surface area contributed by atoms with Gasteiger partial charge in [-0.1, -0.05) is 80.3 Å². The summed E-state index contributed by atoms with van der Waals surface area (Å²) in [7, 11) is 0. The van der Waals surface area contributed by atoms with Gasteiger partial charge in [0.25, 0.3) is 5.91 Å². The summed E-state index contributed by atoms with van der Waals surface area (Å²) in [4.78, 5) is 24.4. The first-order chi connectivity index (χ1) is 16.1. The Balaban J connectivity index is 1.58. The molecule has 6 heteroatoms. The molecule has 0 aliphatic rings. The minimum absolute atomic E-state index is 0.0293. The first kappa shape index (κ1) is 24.3. The number of benzene rings is 3. The van der Waals surface area contributed by atoms with Crippen LogP contribution in [0.3, 0.4) is 0 Å². The monoisotopic (exact) mass is 464 g/mol. The van der Waals surface area contributed by atoms with Crippen LogP contribution in [0, 0.1) is 0 Å². The molecule has 3 amide bonds. The number of rotatable bonds is 10. The van der Waals surface area contributed by atoms with E-state index in [0.717, 1.165) is 24.2 Å². The van der Waals surface area contributed by atoms with Gasteiger partial charge in [0.1, 0.15) is 11.9 Å². The zero-order valence-electron chi connectivity index (χ0n) is 18.7. The van der Waals surface area contributed by atoms with Crippen molar-refractivity contribution in [2.24, 2.45) is 0 Å². The van der Waals surface area contributed by atoms with Crippen molar-refractivity contribution in [3.63, 3.8) is 0 Å². The molecule has 0 aromatic heterocycles. The van der Waals surface area contributed by atoms with E-state index in [1.54, 1.807) is 36.4 Å². The molecule has 0 fully saturated rings. The number of carbonyl (C=O) groups excluding carboxylic acids is 2. The van der Waals surface area contributed by atoms with Crippen molar-refractivity contribution < 1.29 is 14.3 Å². The van der Waals surface area contributed by atoms with Crippen LogP contribution in [-0.4, -0.2) is 11.9 Å². The molecule has 3 aromatic carbocycles. The summed E-state index contributed by atoms with van der Waals surface area (Å²) in [6.45, 7) is 2.20. The second-order valence-electron chi connectivity index (χ2n) is 7.78. The Morgan fingerprint density at radius 2 is 1.58 bits per heavy atom. The van der Waals surface area contributed by atoms with E-state index >= 15 is 0 Å². The Morgan fingerprint density at radius 1 is 0.879 bits per heavy atom. The van der Waals surface area contributed by atoms with Crippen LogP contribution in [0.15, 0.2) is 78.9 Å². The fourth-order valence-electron chi connectivity index (χ4n) is 3.48. The van der Waals surface area contributed by atoms with Gasteiger partial charge in [0, 0.05) is 5.69 Å². The maximum Gasteiger partial charge on any atom is 0.326 e. The summed E-state index contributed by atoms with van der Waals surface area (Å²) in [5, 5.41) is 5.22. The Morgan fingerprint density at radius 3 is 2.27 bits per heavy atom. The van der Waals surface area contributed by atoms with Gasteiger partial charge in [0.15, 0.2) is 0 Å². The van der Waals surface area contributed by atoms with E-state index in [0.29, 0.717) is 5.69 Å². The van der Waals surface area contributed by atoms with E-state index in [-0.39, 0.29) is 16.7 Å². The molecule has 1 unspecified atom stereocenters. The van der Waals surface area contributed by atoms with E-state index in [1.165, 1.54) is 19.3 Å². The predicted molar refractivity (Wildman–Crippen MR) is 133 cm³/mol. The molecule has 0 radical (unpaired) electrons. The van der Waals surface area contributed by atoms with Gasteiger partial charge in [-0.25, -0.2) is 4.79 Å². The third kappa shape index (κ3) is 7.65. The van der Waals surface area contributed by atoms with E-state index in [2.05, 4.69) is 29.7 Å². The molecule has 0 saturated heterocycles. The van der Waals surface area contributed by atoms with Crippen LogP contribution in [0.1, 0.15) is 61.1 Å². The molecule has 0 saturated carbocycles. The van der Waals surface area contributed by atoms with Gasteiger partial charge in [-0.05, 0) is 54.8 Å². The van der Waals surface area contributed by atoms with Crippen LogP contribution in [0.5, 0.6) is 5.75 Å². The first-order valence-corrected chi connectivity index (χ1v) is 11.6. The first-order valence-electron chi connectivity index (χ1n) is 11.3. The Bertz CT molecular complexity index is 1040. The predicted octanol–water partition coefficient (Wildman–Crippen LogP) is 7.39. The van der Waals surface area contributed by atoms with Gasteiger partial charge in [-0.2, -0.15) is 0 Å². The molecule has 0 aliphatic heterocycles. The van der Waals surface area contributed by atoms with Crippen molar-refractivity contribution >= 4 is 29.2 Å². The highest BCUT2D eigenvalue weighted by Crippen LogP contribution is 2.28. The highest BCUT2D eigenvalue weighted by Gasteiger charge is 2.15. The molecule has 172 valence electrons. The fourth-order valence-corrected chi connectivity index (χ4v) is 3.70. The van der Waals surface area contributed by atoms with Crippen molar-refractivity contribution in [3.8, 4) is 5.75 Å². The third-order valence-electron chi connectivity index (χ3n) is 5.23. The van der Waals surface area contributed by atoms with Crippen LogP contribution >= 0.6 is 11.6 Å². The summed E-state index contributed by atoms with van der Waals surface area (Å²) in [6.07, 6.45) is 5.63. The second kappa shape index (κ2) is 12.7. The van der Waals surface area contributed by atoms with Gasteiger partial charge in [0.05, 0.1) is 10.6 Å². The second-order valence-corrected chi connectivity index (χ2v) is 8.19. The molecule has 0 heterocycles. The summed E-state index contributed by atoms with van der Waals surface area (Å²) >= 11 is 6.01. The lowest BCUT2D eigenvalue weighted by atomic mass is 10.0. The van der Waals surface area contributed by atoms with E-state index < -0.39 is 11.9 Å². The number of ether oxygens (including phenoxy) is 1. The number of urea groups is 1. The van der Waals surface area contributed by atoms with Crippen LogP contribution in [0.2, 0.25) is 5.02 Å². The molecule has 0 aliphatic carbocycles. The van der Waals surface area contributed by atoms with Crippen LogP contribution < -0.4 is 15.4 Å². The molecule has 0 spiro atoms. The number of amides is 3. The van der Waals surface area contributed by atoms with Crippen LogP contribution in [-0.2, 0) is 0 Å². The molecule has 0 bridgehead atoms. The van der Waals surface area contributed by atoms with E-state index in [9.17, 15) is 9.59 Å². The lowest BCUT2D eigenvalue weighted by molar-refractivity contribution is 0.0967. The van der Waals surface area contributed by atoms with E-state index in [4.69, 9.17) is 16.3 Å². The van der Waals surface area contributed by atoms with Gasteiger partial charge in [-0.3, -0.25) is 10.1 Å². The Labute approximate surface area is 200 Å². The van der Waals surface area contributed by atoms with Gasteiger partial charge in [0.2, 0.25) is 0 Å². The van der Waals surface area contributed by atoms with Crippen LogP contribution in [0.25, 0.3) is 0 Å². The normalized spacial score (nSPS) is 11.5. The largest absolute Gasteiger partial charge is 0.486 e. The molecule has 1 atom stereocenters. The molecule has 5 nitrogen and oxygen atoms in total. The number of carbonyl (C=O) groups is 2. The number of unbranched alkanes of at least 4 members (excludes halogenated alkanes) is 3. The topological polar surface area (TPSA) is 67.4 Å². The molecule has 2 N–H and O–H groups in total. The molecular formula is C27H29ClN2O3. The zero-order chi connectivity index (χ0) is 23.5. The number of anilines is 1. The maximum atomic E-state index is 12.2. The number of hydrogen-bond acceptors (Lipinski definition) is 3. The quantitative estimate of drug-likeness (QED) is 0.307. The minimum atomic E-state index is -0.633. The number of imide groups is 1. The average molecular weight is 465 g/mol. The average Bonchev–Trinajstić information content (AvgIpc) is 2.83. The molecule has 33 heavy (non-hydrogen) atoms.